The van der Waals surface area contributed by atoms with Crippen LogP contribution in [0.1, 0.15) is 39.5 Å². The summed E-state index contributed by atoms with van der Waals surface area (Å²) in [6.45, 7) is 9.14. The topological polar surface area (TPSA) is 32.5 Å². The molecule has 0 radical (unpaired) electrons. The van der Waals surface area contributed by atoms with Crippen LogP contribution in [-0.2, 0) is 0 Å². The van der Waals surface area contributed by atoms with Crippen LogP contribution in [-0.4, -0.2) is 54.6 Å². The summed E-state index contributed by atoms with van der Waals surface area (Å²) in [4.78, 5) is 5.21. The Labute approximate surface area is 106 Å². The highest BCUT2D eigenvalue weighted by molar-refractivity contribution is 5.00. The zero-order valence-electron chi connectivity index (χ0n) is 11.8. The number of likely N-dealkylation sites (N-methyl/N-ethyl adjacent to an activating group) is 1. The van der Waals surface area contributed by atoms with E-state index in [4.69, 9.17) is 5.73 Å². The van der Waals surface area contributed by atoms with Crippen molar-refractivity contribution >= 4 is 0 Å². The highest BCUT2D eigenvalue weighted by atomic mass is 15.3. The Morgan fingerprint density at radius 1 is 1.29 bits per heavy atom. The Morgan fingerprint density at radius 3 is 2.29 bits per heavy atom. The third kappa shape index (κ3) is 3.01. The number of nitrogens with two attached hydrogens (primary N) is 1. The highest BCUT2D eigenvalue weighted by Gasteiger charge is 2.42. The van der Waals surface area contributed by atoms with Crippen LogP contribution in [0.4, 0.5) is 0 Å². The van der Waals surface area contributed by atoms with Crippen LogP contribution >= 0.6 is 0 Å². The summed E-state index contributed by atoms with van der Waals surface area (Å²) >= 11 is 0. The van der Waals surface area contributed by atoms with Crippen molar-refractivity contribution in [3.05, 3.63) is 0 Å². The average molecular weight is 239 g/mol. The lowest BCUT2D eigenvalue weighted by atomic mass is 9.85. The van der Waals surface area contributed by atoms with E-state index in [0.717, 1.165) is 18.5 Å². The summed E-state index contributed by atoms with van der Waals surface area (Å²) in [5, 5.41) is 0. The fraction of sp³-hybridized carbons (Fsp3) is 1.00. The third-order valence-corrected chi connectivity index (χ3v) is 4.63. The van der Waals surface area contributed by atoms with Gasteiger partial charge in [-0.25, -0.2) is 0 Å². The van der Waals surface area contributed by atoms with Gasteiger partial charge in [0.15, 0.2) is 0 Å². The molecule has 1 saturated heterocycles. The van der Waals surface area contributed by atoms with Gasteiger partial charge in [-0.1, -0.05) is 13.8 Å². The van der Waals surface area contributed by atoms with Crippen LogP contribution in [0, 0.1) is 5.92 Å². The number of hydrogen-bond acceptors (Lipinski definition) is 3. The molecule has 2 fully saturated rings. The van der Waals surface area contributed by atoms with Crippen LogP contribution in [0.5, 0.6) is 0 Å². The van der Waals surface area contributed by atoms with Gasteiger partial charge in [-0.05, 0) is 51.7 Å². The van der Waals surface area contributed by atoms with Gasteiger partial charge in [0, 0.05) is 24.7 Å². The zero-order valence-corrected chi connectivity index (χ0v) is 11.8. The molecule has 1 saturated carbocycles. The van der Waals surface area contributed by atoms with E-state index < -0.39 is 0 Å². The van der Waals surface area contributed by atoms with Crippen LogP contribution in [0.2, 0.25) is 0 Å². The summed E-state index contributed by atoms with van der Waals surface area (Å²) in [6, 6.07) is 0.829. The van der Waals surface area contributed by atoms with Crippen molar-refractivity contribution in [1.29, 1.82) is 0 Å². The van der Waals surface area contributed by atoms with Gasteiger partial charge in [-0.2, -0.15) is 0 Å². The second kappa shape index (κ2) is 5.25. The predicted molar refractivity (Wildman–Crippen MR) is 73.1 cm³/mol. The molecule has 0 atom stereocenters. The van der Waals surface area contributed by atoms with Crippen LogP contribution in [0.15, 0.2) is 0 Å². The van der Waals surface area contributed by atoms with Crippen LogP contribution in [0.25, 0.3) is 0 Å². The molecule has 0 amide bonds. The van der Waals surface area contributed by atoms with Crippen molar-refractivity contribution in [3.63, 3.8) is 0 Å². The summed E-state index contributed by atoms with van der Waals surface area (Å²) in [5.74, 6) is 0.779. The van der Waals surface area contributed by atoms with Gasteiger partial charge in [0.1, 0.15) is 0 Å². The molecule has 0 aromatic carbocycles. The molecule has 2 rings (SSSR count). The molecule has 1 aliphatic heterocycles. The average Bonchev–Trinajstić information content (AvgIpc) is 3.13. The lowest BCUT2D eigenvalue weighted by Crippen LogP contribution is -2.59. The minimum absolute atomic E-state index is 0.300. The first-order chi connectivity index (χ1) is 8.07. The summed E-state index contributed by atoms with van der Waals surface area (Å²) in [5.41, 5.74) is 6.39. The van der Waals surface area contributed by atoms with Crippen LogP contribution in [0.3, 0.4) is 0 Å². The first-order valence-electron chi connectivity index (χ1n) is 7.23. The molecule has 3 nitrogen and oxygen atoms in total. The Morgan fingerprint density at radius 2 is 1.88 bits per heavy atom. The molecule has 100 valence electrons. The quantitative estimate of drug-likeness (QED) is 0.790. The number of rotatable bonds is 5. The van der Waals surface area contributed by atoms with Crippen molar-refractivity contribution in [2.45, 2.75) is 51.1 Å². The van der Waals surface area contributed by atoms with Gasteiger partial charge in [0.05, 0.1) is 0 Å². The van der Waals surface area contributed by atoms with E-state index >= 15 is 0 Å². The Hall–Kier alpha value is -0.120. The molecule has 1 aliphatic carbocycles. The lowest BCUT2D eigenvalue weighted by molar-refractivity contribution is 0.0362. The maximum Gasteiger partial charge on any atom is 0.0355 e. The molecule has 2 aliphatic rings. The molecule has 1 heterocycles. The molecule has 0 spiro atoms. The van der Waals surface area contributed by atoms with Gasteiger partial charge in [0.25, 0.3) is 0 Å². The molecule has 3 heteroatoms. The number of likely N-dealkylation sites (tertiary alicyclic amines) is 1. The minimum atomic E-state index is 0.300. The highest BCUT2D eigenvalue weighted by Crippen LogP contribution is 2.36. The molecule has 0 unspecified atom stereocenters. The molecule has 0 bridgehead atoms. The third-order valence-electron chi connectivity index (χ3n) is 4.63. The number of piperidine rings is 1. The Bertz CT molecular complexity index is 240. The first-order valence-corrected chi connectivity index (χ1v) is 7.23. The van der Waals surface area contributed by atoms with E-state index in [2.05, 4.69) is 30.7 Å². The lowest BCUT2D eigenvalue weighted by Gasteiger charge is -2.47. The predicted octanol–water partition coefficient (Wildman–Crippen LogP) is 1.53. The van der Waals surface area contributed by atoms with Gasteiger partial charge >= 0.3 is 0 Å². The molecule has 17 heavy (non-hydrogen) atoms. The monoisotopic (exact) mass is 239 g/mol. The maximum atomic E-state index is 6.09. The van der Waals surface area contributed by atoms with E-state index in [-0.39, 0.29) is 0 Å². The van der Waals surface area contributed by atoms with Gasteiger partial charge in [-0.15, -0.1) is 0 Å². The number of hydrogen-bond donors (Lipinski definition) is 1. The second-order valence-electron chi connectivity index (χ2n) is 6.46. The summed E-state index contributed by atoms with van der Waals surface area (Å²) in [7, 11) is 2.29. The van der Waals surface area contributed by atoms with E-state index in [1.54, 1.807) is 0 Å². The minimum Gasteiger partial charge on any atom is -0.329 e. The van der Waals surface area contributed by atoms with Crippen molar-refractivity contribution < 1.29 is 0 Å². The van der Waals surface area contributed by atoms with Crippen molar-refractivity contribution in [2.75, 3.05) is 33.2 Å². The molecule has 0 aromatic rings. The molecule has 0 aromatic heterocycles. The largest absolute Gasteiger partial charge is 0.329 e. The van der Waals surface area contributed by atoms with Gasteiger partial charge < -0.3 is 10.6 Å². The van der Waals surface area contributed by atoms with E-state index in [1.807, 2.05) is 0 Å². The summed E-state index contributed by atoms with van der Waals surface area (Å²) in [6.07, 6.45) is 5.27. The fourth-order valence-corrected chi connectivity index (χ4v) is 3.22. The maximum absolute atomic E-state index is 6.09. The van der Waals surface area contributed by atoms with Crippen LogP contribution < -0.4 is 5.73 Å². The SMILES string of the molecule is CC(C)CN1CCC(CN)(N(C)C2CC2)CC1. The summed E-state index contributed by atoms with van der Waals surface area (Å²) < 4.78 is 0. The first kappa shape index (κ1) is 13.3. The smallest absolute Gasteiger partial charge is 0.0355 e. The van der Waals surface area contributed by atoms with Crippen molar-refractivity contribution in [2.24, 2.45) is 11.7 Å². The molecule has 2 N–H and O–H groups in total. The molecular formula is C14H29N3. The molecular weight excluding hydrogens is 210 g/mol. The van der Waals surface area contributed by atoms with E-state index in [1.165, 1.54) is 45.3 Å². The zero-order chi connectivity index (χ0) is 12.5. The van der Waals surface area contributed by atoms with Gasteiger partial charge in [-0.3, -0.25) is 4.90 Å². The normalized spacial score (nSPS) is 25.8. The van der Waals surface area contributed by atoms with Gasteiger partial charge in [0.2, 0.25) is 0 Å². The van der Waals surface area contributed by atoms with E-state index in [9.17, 15) is 0 Å². The Kier molecular flexibility index (Phi) is 4.11. The standard InChI is InChI=1S/C14H29N3/c1-12(2)10-17-8-6-14(11-15,7-9-17)16(3)13-4-5-13/h12-13H,4-11,15H2,1-3H3. The fourth-order valence-electron chi connectivity index (χ4n) is 3.22. The Balaban J connectivity index is 1.89. The second-order valence-corrected chi connectivity index (χ2v) is 6.46. The number of nitrogens with zero attached hydrogens (tertiary/aromatic N) is 2. The van der Waals surface area contributed by atoms with Crippen molar-refractivity contribution in [3.8, 4) is 0 Å². The van der Waals surface area contributed by atoms with E-state index in [0.29, 0.717) is 5.54 Å². The van der Waals surface area contributed by atoms with Crippen molar-refractivity contribution in [1.82, 2.24) is 9.80 Å².